The van der Waals surface area contributed by atoms with Gasteiger partial charge in [-0.15, -0.1) is 0 Å². The summed E-state index contributed by atoms with van der Waals surface area (Å²) in [6.07, 6.45) is 1.31. The van der Waals surface area contributed by atoms with Crippen LogP contribution >= 0.6 is 0 Å². The second-order valence-electron chi connectivity index (χ2n) is 2.01. The Morgan fingerprint density at radius 3 is 2.82 bits per heavy atom. The highest BCUT2D eigenvalue weighted by atomic mass is 16.4. The van der Waals surface area contributed by atoms with E-state index in [1.54, 1.807) is 0 Å². The van der Waals surface area contributed by atoms with Crippen LogP contribution in [0.5, 0.6) is 0 Å². The fourth-order valence-electron chi connectivity index (χ4n) is 0.663. The summed E-state index contributed by atoms with van der Waals surface area (Å²) in [5, 5.41) is 8.51. The van der Waals surface area contributed by atoms with Gasteiger partial charge in [0.25, 0.3) is 0 Å². The molecule has 54 valence electrons. The van der Waals surface area contributed by atoms with E-state index in [0.29, 0.717) is 0 Å². The Hall–Kier alpha value is -1.52. The lowest BCUT2D eigenvalue weighted by Crippen LogP contribution is -2.12. The number of aromatic nitrogens is 1. The zero-order valence-electron chi connectivity index (χ0n) is 5.61. The van der Waals surface area contributed by atoms with Crippen LogP contribution in [0.15, 0.2) is 12.3 Å². The molecule has 1 aromatic rings. The molecule has 1 rings (SSSR count). The minimum atomic E-state index is -1.12. The van der Waals surface area contributed by atoms with Gasteiger partial charge in [-0.3, -0.25) is 0 Å². The third-order valence-corrected chi connectivity index (χ3v) is 1.17. The number of pyridine rings is 1. The summed E-state index contributed by atoms with van der Waals surface area (Å²) in [5.74, 6) is -1.14. The second-order valence-corrected chi connectivity index (χ2v) is 2.01. The molecule has 0 amide bonds. The van der Waals surface area contributed by atoms with Crippen molar-refractivity contribution in [1.29, 1.82) is 0 Å². The molecule has 3 N–H and O–H groups in total. The summed E-state index contributed by atoms with van der Waals surface area (Å²) in [4.78, 5) is 14.0. The lowest BCUT2D eigenvalue weighted by atomic mass is 9.97. The van der Waals surface area contributed by atoms with E-state index < -0.39 is 5.97 Å². The number of carboxylic acid groups (broad SMARTS) is 1. The number of nitrogen functional groups attached to an aromatic ring is 1. The monoisotopic (exact) mass is 148 g/mol. The van der Waals surface area contributed by atoms with Crippen molar-refractivity contribution in [2.24, 2.45) is 0 Å². The fraction of sp³-hybridized carbons (Fsp3) is 0. The molecule has 0 saturated carbocycles. The van der Waals surface area contributed by atoms with Crippen molar-refractivity contribution in [2.75, 3.05) is 5.73 Å². The van der Waals surface area contributed by atoms with Gasteiger partial charge in [0.2, 0.25) is 0 Å². The third kappa shape index (κ3) is 1.49. The highest BCUT2D eigenvalue weighted by Gasteiger charge is 2.07. The van der Waals surface area contributed by atoms with Crippen molar-refractivity contribution in [3.63, 3.8) is 0 Å². The Kier molecular flexibility index (Phi) is 1.80. The summed E-state index contributed by atoms with van der Waals surface area (Å²) < 4.78 is 0. The number of carbonyl (C=O) groups is 1. The van der Waals surface area contributed by atoms with Crippen LogP contribution in [0.1, 0.15) is 10.4 Å². The molecule has 0 bridgehead atoms. The van der Waals surface area contributed by atoms with Gasteiger partial charge in [0.1, 0.15) is 19.2 Å². The Labute approximate surface area is 64.5 Å². The summed E-state index contributed by atoms with van der Waals surface area (Å²) in [7, 11) is 5.28. The first-order chi connectivity index (χ1) is 5.11. The molecule has 0 atom stereocenters. The lowest BCUT2D eigenvalue weighted by molar-refractivity contribution is 0.0698. The summed E-state index contributed by atoms with van der Waals surface area (Å²) in [6.45, 7) is 0. The molecule has 0 fully saturated rings. The fourth-order valence-corrected chi connectivity index (χ4v) is 0.663. The van der Waals surface area contributed by atoms with E-state index in [9.17, 15) is 4.79 Å². The molecule has 1 aromatic heterocycles. The van der Waals surface area contributed by atoms with Crippen molar-refractivity contribution in [3.05, 3.63) is 17.8 Å². The van der Waals surface area contributed by atoms with Gasteiger partial charge < -0.3 is 10.8 Å². The maximum atomic E-state index is 10.4. The standard InChI is InChI=1S/C6H5BN2O2/c7-3-1-4(6(10)11)5(8)9-2-3/h1-2H,(H2,8,9)(H,10,11). The smallest absolute Gasteiger partial charge is 0.339 e. The molecular weight excluding hydrogens is 143 g/mol. The molecule has 11 heavy (non-hydrogen) atoms. The molecule has 0 unspecified atom stereocenters. The Morgan fingerprint density at radius 1 is 1.73 bits per heavy atom. The maximum absolute atomic E-state index is 10.4. The Balaban J connectivity index is 3.23. The zero-order chi connectivity index (χ0) is 8.43. The van der Waals surface area contributed by atoms with Gasteiger partial charge in [-0.05, 0) is 6.07 Å². The van der Waals surface area contributed by atoms with E-state index in [4.69, 9.17) is 18.7 Å². The quantitative estimate of drug-likeness (QED) is 0.508. The van der Waals surface area contributed by atoms with Crippen molar-refractivity contribution in [1.82, 2.24) is 4.98 Å². The van der Waals surface area contributed by atoms with E-state index in [-0.39, 0.29) is 16.8 Å². The van der Waals surface area contributed by atoms with Crippen LogP contribution in [-0.4, -0.2) is 23.9 Å². The molecule has 0 aliphatic carbocycles. The summed E-state index contributed by atoms with van der Waals surface area (Å²) in [6, 6.07) is 1.27. The lowest BCUT2D eigenvalue weighted by Gasteiger charge is -1.99. The molecule has 0 spiro atoms. The van der Waals surface area contributed by atoms with Crippen LogP contribution in [0.2, 0.25) is 0 Å². The average Bonchev–Trinajstić information content (AvgIpc) is 1.94. The average molecular weight is 148 g/mol. The van der Waals surface area contributed by atoms with Gasteiger partial charge in [-0.2, -0.15) is 0 Å². The Morgan fingerprint density at radius 2 is 2.36 bits per heavy atom. The number of hydrogen-bond acceptors (Lipinski definition) is 3. The normalized spacial score (nSPS) is 9.45. The molecule has 1 heterocycles. The van der Waals surface area contributed by atoms with E-state index in [1.807, 2.05) is 0 Å². The van der Waals surface area contributed by atoms with Crippen LogP contribution in [-0.2, 0) is 0 Å². The van der Waals surface area contributed by atoms with E-state index in [1.165, 1.54) is 12.3 Å². The SMILES string of the molecule is [B]c1cnc(N)c(C(=O)O)c1. The third-order valence-electron chi connectivity index (χ3n) is 1.17. The van der Waals surface area contributed by atoms with E-state index >= 15 is 0 Å². The molecule has 0 aliphatic heterocycles. The molecule has 2 radical (unpaired) electrons. The molecule has 5 heteroatoms. The number of nitrogens with two attached hydrogens (primary N) is 1. The van der Waals surface area contributed by atoms with Crippen LogP contribution in [0.25, 0.3) is 0 Å². The number of aromatic carboxylic acids is 1. The topological polar surface area (TPSA) is 76.2 Å². The first kappa shape index (κ1) is 7.59. The minimum absolute atomic E-state index is 0.0216. The van der Waals surface area contributed by atoms with Gasteiger partial charge in [0.15, 0.2) is 0 Å². The molecule has 0 aliphatic rings. The molecular formula is C6H5BN2O2. The highest BCUT2D eigenvalue weighted by Crippen LogP contribution is 2.03. The summed E-state index contributed by atoms with van der Waals surface area (Å²) in [5.41, 5.74) is 5.47. The van der Waals surface area contributed by atoms with Crippen molar-refractivity contribution in [2.45, 2.75) is 0 Å². The minimum Gasteiger partial charge on any atom is -0.478 e. The summed E-state index contributed by atoms with van der Waals surface area (Å²) >= 11 is 0. The van der Waals surface area contributed by atoms with Gasteiger partial charge in [-0.1, -0.05) is 5.46 Å². The van der Waals surface area contributed by atoms with E-state index in [0.717, 1.165) is 0 Å². The number of anilines is 1. The van der Waals surface area contributed by atoms with Crippen LogP contribution < -0.4 is 11.2 Å². The van der Waals surface area contributed by atoms with Gasteiger partial charge >= 0.3 is 5.97 Å². The second kappa shape index (κ2) is 2.61. The van der Waals surface area contributed by atoms with Gasteiger partial charge in [-0.25, -0.2) is 9.78 Å². The number of carboxylic acids is 1. The predicted octanol–water partition coefficient (Wildman–Crippen LogP) is -0.844. The van der Waals surface area contributed by atoms with Crippen molar-refractivity contribution >= 4 is 25.1 Å². The molecule has 0 aromatic carbocycles. The first-order valence-electron chi connectivity index (χ1n) is 2.85. The molecule has 4 nitrogen and oxygen atoms in total. The predicted molar refractivity (Wildman–Crippen MR) is 41.0 cm³/mol. The van der Waals surface area contributed by atoms with Crippen molar-refractivity contribution < 1.29 is 9.90 Å². The first-order valence-corrected chi connectivity index (χ1v) is 2.85. The number of hydrogen-bond donors (Lipinski definition) is 2. The van der Waals surface area contributed by atoms with Gasteiger partial charge in [0.05, 0.1) is 0 Å². The van der Waals surface area contributed by atoms with Gasteiger partial charge in [0, 0.05) is 6.20 Å². The van der Waals surface area contributed by atoms with Crippen LogP contribution in [0, 0.1) is 0 Å². The van der Waals surface area contributed by atoms with E-state index in [2.05, 4.69) is 4.98 Å². The number of rotatable bonds is 1. The van der Waals surface area contributed by atoms with Crippen LogP contribution in [0.4, 0.5) is 5.82 Å². The number of nitrogens with zero attached hydrogens (tertiary/aromatic N) is 1. The maximum Gasteiger partial charge on any atom is 0.339 e. The largest absolute Gasteiger partial charge is 0.478 e. The van der Waals surface area contributed by atoms with Crippen LogP contribution in [0.3, 0.4) is 0 Å². The zero-order valence-corrected chi connectivity index (χ0v) is 5.61. The Bertz CT molecular complexity index is 301. The highest BCUT2D eigenvalue weighted by molar-refractivity contribution is 6.32. The molecule has 0 saturated heterocycles. The van der Waals surface area contributed by atoms with Crippen molar-refractivity contribution in [3.8, 4) is 0 Å².